The molecule has 5 nitrogen and oxygen atoms in total. The molecule has 1 saturated heterocycles. The summed E-state index contributed by atoms with van der Waals surface area (Å²) >= 11 is 0. The summed E-state index contributed by atoms with van der Waals surface area (Å²) in [7, 11) is 0. The lowest BCUT2D eigenvalue weighted by molar-refractivity contribution is -0.130. The minimum absolute atomic E-state index is 0.0812. The monoisotopic (exact) mass is 261 g/mol. The number of rotatable bonds is 3. The maximum atomic E-state index is 11.9. The number of hydrogen-bond donors (Lipinski definition) is 1. The fourth-order valence-corrected chi connectivity index (χ4v) is 2.36. The van der Waals surface area contributed by atoms with E-state index in [1.807, 2.05) is 4.90 Å². The molecule has 0 aromatic carbocycles. The van der Waals surface area contributed by atoms with Crippen molar-refractivity contribution < 1.29 is 9.59 Å². The lowest BCUT2D eigenvalue weighted by Crippen LogP contribution is -2.42. The number of pyridine rings is 1. The van der Waals surface area contributed by atoms with E-state index in [0.717, 1.165) is 25.9 Å². The second-order valence-electron chi connectivity index (χ2n) is 4.92. The maximum absolute atomic E-state index is 11.9. The lowest BCUT2D eigenvalue weighted by Gasteiger charge is -2.32. The Morgan fingerprint density at radius 3 is 2.84 bits per heavy atom. The SMILES string of the molecule is CC(=O)N1CCCC(CNC(=O)c2ccncc2)C1. The van der Waals surface area contributed by atoms with Crippen molar-refractivity contribution in [2.24, 2.45) is 5.92 Å². The minimum Gasteiger partial charge on any atom is -0.352 e. The summed E-state index contributed by atoms with van der Waals surface area (Å²) in [6.45, 7) is 3.79. The maximum Gasteiger partial charge on any atom is 0.251 e. The molecule has 0 aliphatic carbocycles. The van der Waals surface area contributed by atoms with Gasteiger partial charge in [-0.3, -0.25) is 14.6 Å². The Hall–Kier alpha value is -1.91. The van der Waals surface area contributed by atoms with E-state index in [2.05, 4.69) is 10.3 Å². The molecule has 1 aliphatic rings. The van der Waals surface area contributed by atoms with Crippen molar-refractivity contribution in [1.29, 1.82) is 0 Å². The van der Waals surface area contributed by atoms with E-state index in [1.165, 1.54) is 0 Å². The molecule has 5 heteroatoms. The zero-order valence-corrected chi connectivity index (χ0v) is 11.1. The number of hydrogen-bond acceptors (Lipinski definition) is 3. The Labute approximate surface area is 113 Å². The summed E-state index contributed by atoms with van der Waals surface area (Å²) in [5.41, 5.74) is 0.620. The first-order valence-corrected chi connectivity index (χ1v) is 6.60. The second-order valence-corrected chi connectivity index (χ2v) is 4.92. The van der Waals surface area contributed by atoms with Gasteiger partial charge in [0.15, 0.2) is 0 Å². The van der Waals surface area contributed by atoms with Crippen molar-refractivity contribution in [3.63, 3.8) is 0 Å². The average Bonchev–Trinajstić information content (AvgIpc) is 2.46. The summed E-state index contributed by atoms with van der Waals surface area (Å²) in [5, 5.41) is 2.92. The molecule has 2 amide bonds. The number of nitrogens with zero attached hydrogens (tertiary/aromatic N) is 2. The topological polar surface area (TPSA) is 62.3 Å². The smallest absolute Gasteiger partial charge is 0.251 e. The molecule has 0 saturated carbocycles. The normalized spacial score (nSPS) is 19.0. The fraction of sp³-hybridized carbons (Fsp3) is 0.500. The molecular formula is C14H19N3O2. The highest BCUT2D eigenvalue weighted by Gasteiger charge is 2.21. The molecule has 1 N–H and O–H groups in total. The molecule has 1 aromatic heterocycles. The Balaban J connectivity index is 1.82. The first kappa shape index (κ1) is 13.5. The number of carbonyl (C=O) groups excluding carboxylic acids is 2. The number of piperidine rings is 1. The van der Waals surface area contributed by atoms with Crippen LogP contribution in [-0.4, -0.2) is 41.3 Å². The fourth-order valence-electron chi connectivity index (χ4n) is 2.36. The van der Waals surface area contributed by atoms with Crippen molar-refractivity contribution >= 4 is 11.8 Å². The lowest BCUT2D eigenvalue weighted by atomic mass is 9.98. The molecule has 1 aliphatic heterocycles. The summed E-state index contributed by atoms with van der Waals surface area (Å²) < 4.78 is 0. The van der Waals surface area contributed by atoms with Gasteiger partial charge in [-0.1, -0.05) is 0 Å². The number of nitrogens with one attached hydrogen (secondary N) is 1. The molecule has 19 heavy (non-hydrogen) atoms. The highest BCUT2D eigenvalue weighted by molar-refractivity contribution is 5.93. The highest BCUT2D eigenvalue weighted by Crippen LogP contribution is 2.15. The largest absolute Gasteiger partial charge is 0.352 e. The predicted molar refractivity (Wildman–Crippen MR) is 71.5 cm³/mol. The van der Waals surface area contributed by atoms with E-state index >= 15 is 0 Å². The van der Waals surface area contributed by atoms with Crippen molar-refractivity contribution in [3.8, 4) is 0 Å². The molecule has 2 rings (SSSR count). The van der Waals surface area contributed by atoms with E-state index in [4.69, 9.17) is 0 Å². The first-order chi connectivity index (χ1) is 9.16. The number of aromatic nitrogens is 1. The van der Waals surface area contributed by atoms with Crippen LogP contribution in [0.25, 0.3) is 0 Å². The number of likely N-dealkylation sites (tertiary alicyclic amines) is 1. The number of amides is 2. The highest BCUT2D eigenvalue weighted by atomic mass is 16.2. The zero-order chi connectivity index (χ0) is 13.7. The number of carbonyl (C=O) groups is 2. The van der Waals surface area contributed by atoms with Crippen LogP contribution in [0, 0.1) is 5.92 Å². The van der Waals surface area contributed by atoms with Crippen LogP contribution >= 0.6 is 0 Å². The van der Waals surface area contributed by atoms with Crippen molar-refractivity contribution in [1.82, 2.24) is 15.2 Å². The van der Waals surface area contributed by atoms with Crippen molar-refractivity contribution in [2.75, 3.05) is 19.6 Å². The van der Waals surface area contributed by atoms with Gasteiger partial charge in [0.1, 0.15) is 0 Å². The van der Waals surface area contributed by atoms with Crippen LogP contribution in [0.1, 0.15) is 30.1 Å². The average molecular weight is 261 g/mol. The third-order valence-electron chi connectivity index (χ3n) is 3.46. The van der Waals surface area contributed by atoms with Gasteiger partial charge in [-0.15, -0.1) is 0 Å². The van der Waals surface area contributed by atoms with Crippen LogP contribution in [0.3, 0.4) is 0 Å². The Kier molecular flexibility index (Phi) is 4.49. The van der Waals surface area contributed by atoms with Crippen LogP contribution < -0.4 is 5.32 Å². The molecule has 1 unspecified atom stereocenters. The van der Waals surface area contributed by atoms with Gasteiger partial charge in [0, 0.05) is 44.5 Å². The minimum atomic E-state index is -0.0812. The molecule has 0 spiro atoms. The molecule has 0 radical (unpaired) electrons. The van der Waals surface area contributed by atoms with Crippen LogP contribution in [0.5, 0.6) is 0 Å². The van der Waals surface area contributed by atoms with E-state index in [-0.39, 0.29) is 11.8 Å². The first-order valence-electron chi connectivity index (χ1n) is 6.60. The third kappa shape index (κ3) is 3.77. The van der Waals surface area contributed by atoms with Gasteiger partial charge in [0.25, 0.3) is 5.91 Å². The van der Waals surface area contributed by atoms with Crippen LogP contribution in [-0.2, 0) is 4.79 Å². The van der Waals surface area contributed by atoms with E-state index in [1.54, 1.807) is 31.5 Å². The van der Waals surface area contributed by atoms with Gasteiger partial charge in [-0.05, 0) is 30.9 Å². The quantitative estimate of drug-likeness (QED) is 0.885. The molecular weight excluding hydrogens is 242 g/mol. The van der Waals surface area contributed by atoms with Crippen molar-refractivity contribution in [2.45, 2.75) is 19.8 Å². The molecule has 102 valence electrons. The van der Waals surface area contributed by atoms with Gasteiger partial charge < -0.3 is 10.2 Å². The summed E-state index contributed by atoms with van der Waals surface area (Å²) in [5.74, 6) is 0.385. The Morgan fingerprint density at radius 2 is 2.16 bits per heavy atom. The molecule has 1 aromatic rings. The Bertz CT molecular complexity index is 447. The van der Waals surface area contributed by atoms with E-state index in [0.29, 0.717) is 18.0 Å². The summed E-state index contributed by atoms with van der Waals surface area (Å²) in [4.78, 5) is 29.0. The molecule has 1 atom stereocenters. The van der Waals surface area contributed by atoms with E-state index in [9.17, 15) is 9.59 Å². The van der Waals surface area contributed by atoms with Gasteiger partial charge in [0.2, 0.25) is 5.91 Å². The zero-order valence-electron chi connectivity index (χ0n) is 11.1. The third-order valence-corrected chi connectivity index (χ3v) is 3.46. The van der Waals surface area contributed by atoms with Gasteiger partial charge in [0.05, 0.1) is 0 Å². The molecule has 1 fully saturated rings. The standard InChI is InChI=1S/C14H19N3O2/c1-11(18)17-8-2-3-12(10-17)9-16-14(19)13-4-6-15-7-5-13/h4-7,12H,2-3,8-10H2,1H3,(H,16,19). The van der Waals surface area contributed by atoms with Gasteiger partial charge >= 0.3 is 0 Å². The second kappa shape index (κ2) is 6.31. The van der Waals surface area contributed by atoms with Crippen LogP contribution in [0.15, 0.2) is 24.5 Å². The molecule has 0 bridgehead atoms. The predicted octanol–water partition coefficient (Wildman–Crippen LogP) is 1.07. The van der Waals surface area contributed by atoms with Crippen LogP contribution in [0.2, 0.25) is 0 Å². The van der Waals surface area contributed by atoms with Crippen LogP contribution in [0.4, 0.5) is 0 Å². The summed E-state index contributed by atoms with van der Waals surface area (Å²) in [6, 6.07) is 3.39. The van der Waals surface area contributed by atoms with Gasteiger partial charge in [-0.25, -0.2) is 0 Å². The van der Waals surface area contributed by atoms with Gasteiger partial charge in [-0.2, -0.15) is 0 Å². The van der Waals surface area contributed by atoms with Crippen molar-refractivity contribution in [3.05, 3.63) is 30.1 Å². The Morgan fingerprint density at radius 1 is 1.42 bits per heavy atom. The summed E-state index contributed by atoms with van der Waals surface area (Å²) in [6.07, 6.45) is 5.27. The molecule has 2 heterocycles. The van der Waals surface area contributed by atoms with E-state index < -0.39 is 0 Å².